The zero-order valence-corrected chi connectivity index (χ0v) is 14.4. The monoisotopic (exact) mass is 319 g/mol. The highest BCUT2D eigenvalue weighted by Crippen LogP contribution is 2.69. The van der Waals surface area contributed by atoms with Gasteiger partial charge >= 0.3 is 5.97 Å². The summed E-state index contributed by atoms with van der Waals surface area (Å²) in [6.45, 7) is 6.06. The van der Waals surface area contributed by atoms with Crippen molar-refractivity contribution in [3.63, 3.8) is 0 Å². The number of hydrogen-bond acceptors (Lipinski definition) is 2. The fourth-order valence-corrected chi connectivity index (χ4v) is 7.35. The maximum atomic E-state index is 13.4. The first-order valence-electron chi connectivity index (χ1n) is 9.25. The van der Waals surface area contributed by atoms with E-state index in [0.29, 0.717) is 42.7 Å². The van der Waals surface area contributed by atoms with Gasteiger partial charge in [0.25, 0.3) is 0 Å². The number of carbonyl (C=O) groups excluding carboxylic acids is 1. The van der Waals surface area contributed by atoms with Gasteiger partial charge in [-0.05, 0) is 68.1 Å². The number of nitrogens with zero attached hydrogens (tertiary/aromatic N) is 1. The van der Waals surface area contributed by atoms with Crippen LogP contribution in [0.3, 0.4) is 0 Å². The number of rotatable bonds is 2. The molecule has 0 spiro atoms. The van der Waals surface area contributed by atoms with Crippen LogP contribution in [0.25, 0.3) is 0 Å². The highest BCUT2D eigenvalue weighted by atomic mass is 16.4. The number of likely N-dealkylation sites (tertiary alicyclic amines) is 1. The van der Waals surface area contributed by atoms with E-state index in [0.717, 1.165) is 25.2 Å². The molecule has 1 heterocycles. The molecule has 0 aromatic carbocycles. The normalized spacial score (nSPS) is 46.2. The standard InChI is InChI=1S/C19H29NO3/c1-17-7-13-8-18(2,10-17)12-19(9-13,11-17)16(23)20-5-3-14(4-6-20)15(21)22/h13-14H,3-12H2,1-2H3,(H,21,22). The van der Waals surface area contributed by atoms with E-state index in [9.17, 15) is 9.59 Å². The first-order valence-corrected chi connectivity index (χ1v) is 9.25. The maximum Gasteiger partial charge on any atom is 0.306 e. The molecular weight excluding hydrogens is 290 g/mol. The number of piperidine rings is 1. The molecule has 2 unspecified atom stereocenters. The summed E-state index contributed by atoms with van der Waals surface area (Å²) >= 11 is 0. The molecule has 2 atom stereocenters. The summed E-state index contributed by atoms with van der Waals surface area (Å²) in [6.07, 6.45) is 8.33. The Kier molecular flexibility index (Phi) is 3.18. The molecule has 0 aromatic heterocycles. The Bertz CT molecular complexity index is 531. The van der Waals surface area contributed by atoms with Crippen LogP contribution in [0, 0.1) is 28.1 Å². The van der Waals surface area contributed by atoms with E-state index in [-0.39, 0.29) is 11.3 Å². The molecule has 1 N–H and O–H groups in total. The highest BCUT2D eigenvalue weighted by molar-refractivity contribution is 5.84. The molecule has 4 bridgehead atoms. The minimum absolute atomic E-state index is 0.140. The molecule has 0 aromatic rings. The van der Waals surface area contributed by atoms with Gasteiger partial charge < -0.3 is 10.0 Å². The third kappa shape index (κ3) is 2.40. The Morgan fingerprint density at radius 1 is 0.957 bits per heavy atom. The smallest absolute Gasteiger partial charge is 0.306 e. The molecule has 4 nitrogen and oxygen atoms in total. The second-order valence-corrected chi connectivity index (χ2v) is 9.82. The quantitative estimate of drug-likeness (QED) is 0.849. The number of carboxylic acid groups (broad SMARTS) is 1. The molecular formula is C19H29NO3. The Labute approximate surface area is 138 Å². The van der Waals surface area contributed by atoms with Gasteiger partial charge in [0.2, 0.25) is 5.91 Å². The van der Waals surface area contributed by atoms with E-state index >= 15 is 0 Å². The molecule has 4 saturated carbocycles. The summed E-state index contributed by atoms with van der Waals surface area (Å²) in [5.41, 5.74) is 0.561. The van der Waals surface area contributed by atoms with E-state index in [1.165, 1.54) is 19.3 Å². The first-order chi connectivity index (χ1) is 10.7. The second-order valence-electron chi connectivity index (χ2n) is 9.82. The predicted octanol–water partition coefficient (Wildman–Crippen LogP) is 3.31. The second kappa shape index (κ2) is 4.73. The molecule has 23 heavy (non-hydrogen) atoms. The van der Waals surface area contributed by atoms with Crippen molar-refractivity contribution >= 4 is 11.9 Å². The topological polar surface area (TPSA) is 57.6 Å². The number of amides is 1. The van der Waals surface area contributed by atoms with Gasteiger partial charge in [-0.1, -0.05) is 13.8 Å². The van der Waals surface area contributed by atoms with Gasteiger partial charge in [0.1, 0.15) is 0 Å². The molecule has 4 aliphatic carbocycles. The molecule has 1 amide bonds. The van der Waals surface area contributed by atoms with Crippen LogP contribution in [0.4, 0.5) is 0 Å². The van der Waals surface area contributed by atoms with Gasteiger partial charge in [-0.3, -0.25) is 9.59 Å². The van der Waals surface area contributed by atoms with Crippen molar-refractivity contribution in [3.8, 4) is 0 Å². The molecule has 0 radical (unpaired) electrons. The van der Waals surface area contributed by atoms with Crippen LogP contribution >= 0.6 is 0 Å². The lowest BCUT2D eigenvalue weighted by molar-refractivity contribution is -0.181. The fraction of sp³-hybridized carbons (Fsp3) is 0.895. The number of carboxylic acids is 1. The lowest BCUT2D eigenvalue weighted by atomic mass is 9.40. The zero-order valence-electron chi connectivity index (χ0n) is 14.4. The SMILES string of the molecule is CC12CC3CC(C)(C1)CC(C(=O)N1CCC(C(=O)O)CC1)(C3)C2. The van der Waals surface area contributed by atoms with E-state index in [1.54, 1.807) is 0 Å². The van der Waals surface area contributed by atoms with Crippen molar-refractivity contribution in [2.45, 2.75) is 65.2 Å². The summed E-state index contributed by atoms with van der Waals surface area (Å²) in [6, 6.07) is 0. The van der Waals surface area contributed by atoms with E-state index in [4.69, 9.17) is 5.11 Å². The van der Waals surface area contributed by atoms with Gasteiger partial charge in [0.05, 0.1) is 11.3 Å². The molecule has 5 aliphatic rings. The van der Waals surface area contributed by atoms with Crippen molar-refractivity contribution in [1.82, 2.24) is 4.90 Å². The summed E-state index contributed by atoms with van der Waals surface area (Å²) in [7, 11) is 0. The Morgan fingerprint density at radius 2 is 1.52 bits per heavy atom. The van der Waals surface area contributed by atoms with Crippen molar-refractivity contribution in [3.05, 3.63) is 0 Å². The van der Waals surface area contributed by atoms with Crippen LogP contribution in [0.5, 0.6) is 0 Å². The summed E-state index contributed by atoms with van der Waals surface area (Å²) in [5, 5.41) is 9.16. The van der Waals surface area contributed by atoms with E-state index in [2.05, 4.69) is 13.8 Å². The summed E-state index contributed by atoms with van der Waals surface area (Å²) in [4.78, 5) is 26.5. The van der Waals surface area contributed by atoms with Gasteiger partial charge in [0.15, 0.2) is 0 Å². The van der Waals surface area contributed by atoms with Crippen LogP contribution in [-0.2, 0) is 9.59 Å². The largest absolute Gasteiger partial charge is 0.481 e. The maximum absolute atomic E-state index is 13.4. The minimum atomic E-state index is -0.702. The Morgan fingerprint density at radius 3 is 2.00 bits per heavy atom. The van der Waals surface area contributed by atoms with Crippen molar-refractivity contribution < 1.29 is 14.7 Å². The van der Waals surface area contributed by atoms with Gasteiger partial charge in [-0.15, -0.1) is 0 Å². The summed E-state index contributed by atoms with van der Waals surface area (Å²) in [5.74, 6) is 0.113. The van der Waals surface area contributed by atoms with Crippen LogP contribution in [0.2, 0.25) is 0 Å². The van der Waals surface area contributed by atoms with Crippen LogP contribution in [0.1, 0.15) is 65.2 Å². The predicted molar refractivity (Wildman–Crippen MR) is 86.8 cm³/mol. The van der Waals surface area contributed by atoms with Gasteiger partial charge in [-0.2, -0.15) is 0 Å². The average molecular weight is 319 g/mol. The molecule has 4 heteroatoms. The average Bonchev–Trinajstić information content (AvgIpc) is 2.42. The third-order valence-corrected chi connectivity index (χ3v) is 7.21. The lowest BCUT2D eigenvalue weighted by Crippen LogP contribution is -2.61. The first kappa shape index (κ1) is 15.5. The Balaban J connectivity index is 1.54. The number of aliphatic carboxylic acids is 1. The minimum Gasteiger partial charge on any atom is -0.481 e. The highest BCUT2D eigenvalue weighted by Gasteiger charge is 2.63. The number of carbonyl (C=O) groups is 2. The summed E-state index contributed by atoms with van der Waals surface area (Å²) < 4.78 is 0. The van der Waals surface area contributed by atoms with Crippen molar-refractivity contribution in [2.24, 2.45) is 28.1 Å². The fourth-order valence-electron chi connectivity index (χ4n) is 7.35. The van der Waals surface area contributed by atoms with Gasteiger partial charge in [-0.25, -0.2) is 0 Å². The number of hydrogen-bond donors (Lipinski definition) is 1. The third-order valence-electron chi connectivity index (χ3n) is 7.21. The molecule has 1 aliphatic heterocycles. The Hall–Kier alpha value is -1.06. The molecule has 1 saturated heterocycles. The molecule has 128 valence electrons. The van der Waals surface area contributed by atoms with Crippen LogP contribution in [0.15, 0.2) is 0 Å². The molecule has 5 rings (SSSR count). The lowest BCUT2D eigenvalue weighted by Gasteiger charge is -2.65. The van der Waals surface area contributed by atoms with Crippen molar-refractivity contribution in [1.29, 1.82) is 0 Å². The van der Waals surface area contributed by atoms with Crippen molar-refractivity contribution in [2.75, 3.05) is 13.1 Å². The van der Waals surface area contributed by atoms with E-state index < -0.39 is 5.97 Å². The van der Waals surface area contributed by atoms with Crippen LogP contribution < -0.4 is 0 Å². The molecule has 5 fully saturated rings. The zero-order chi connectivity index (χ0) is 16.5. The van der Waals surface area contributed by atoms with E-state index in [1.807, 2.05) is 4.90 Å². The van der Waals surface area contributed by atoms with Crippen LogP contribution in [-0.4, -0.2) is 35.0 Å². The van der Waals surface area contributed by atoms with Gasteiger partial charge in [0, 0.05) is 13.1 Å².